The summed E-state index contributed by atoms with van der Waals surface area (Å²) in [5.41, 5.74) is 3.13. The van der Waals surface area contributed by atoms with Crippen molar-refractivity contribution < 1.29 is 19.2 Å². The highest BCUT2D eigenvalue weighted by Crippen LogP contribution is 2.28. The number of aromatic nitrogens is 1. The molecule has 0 spiro atoms. The summed E-state index contributed by atoms with van der Waals surface area (Å²) in [6.07, 6.45) is 5.01. The van der Waals surface area contributed by atoms with Crippen LogP contribution in [-0.2, 0) is 30.6 Å². The maximum absolute atomic E-state index is 13.1. The average molecular weight is 340 g/mol. The van der Waals surface area contributed by atoms with Crippen LogP contribution in [0, 0.1) is 0 Å². The summed E-state index contributed by atoms with van der Waals surface area (Å²) in [6.45, 7) is 0.285. The first-order valence-corrected chi connectivity index (χ1v) is 8.73. The normalized spacial score (nSPS) is 19.7. The highest BCUT2D eigenvalue weighted by molar-refractivity contribution is 5.96. The molecule has 0 saturated carbocycles. The van der Waals surface area contributed by atoms with Gasteiger partial charge in [0.05, 0.1) is 0 Å². The van der Waals surface area contributed by atoms with E-state index in [0.717, 1.165) is 54.6 Å². The van der Waals surface area contributed by atoms with Crippen LogP contribution in [0.15, 0.2) is 28.8 Å². The third-order valence-electron chi connectivity index (χ3n) is 5.20. The minimum atomic E-state index is -0.988. The predicted octanol–water partition coefficient (Wildman–Crippen LogP) is 2.60. The number of hydrogen-bond acceptors (Lipinski definition) is 4. The summed E-state index contributed by atoms with van der Waals surface area (Å²) < 4.78 is 5.40. The van der Waals surface area contributed by atoms with Crippen LogP contribution >= 0.6 is 0 Å². The van der Waals surface area contributed by atoms with E-state index in [0.29, 0.717) is 12.1 Å². The topological polar surface area (TPSA) is 83.6 Å². The van der Waals surface area contributed by atoms with Gasteiger partial charge in [-0.2, -0.15) is 0 Å². The summed E-state index contributed by atoms with van der Waals surface area (Å²) in [6, 6.07) is 6.80. The average Bonchev–Trinajstić information content (AvgIpc) is 2.88. The van der Waals surface area contributed by atoms with E-state index >= 15 is 0 Å². The lowest BCUT2D eigenvalue weighted by atomic mass is 9.93. The molecule has 0 bridgehead atoms. The number of carbonyl (C=O) groups is 2. The summed E-state index contributed by atoms with van der Waals surface area (Å²) in [4.78, 5) is 26.3. The van der Waals surface area contributed by atoms with Crippen LogP contribution in [0.4, 0.5) is 0 Å². The van der Waals surface area contributed by atoms with Gasteiger partial charge in [-0.1, -0.05) is 35.8 Å². The monoisotopic (exact) mass is 340 g/mol. The quantitative estimate of drug-likeness (QED) is 0.850. The standard InChI is InChI=1S/C19H20N2O4/c22-18(17-14-8-2-1-3-9-16(14)25-20-17)21-11-13-7-5-4-6-12(13)10-15(21)19(23)24/h4-7,15H,1-3,8-11H2,(H,23,24). The van der Waals surface area contributed by atoms with Gasteiger partial charge in [-0.15, -0.1) is 0 Å². The minimum absolute atomic E-state index is 0.285. The maximum Gasteiger partial charge on any atom is 0.326 e. The fourth-order valence-corrected chi connectivity index (χ4v) is 3.82. The number of carbonyl (C=O) groups excluding carboxylic acids is 1. The molecule has 1 unspecified atom stereocenters. The van der Waals surface area contributed by atoms with Gasteiger partial charge in [-0.05, 0) is 30.4 Å². The molecule has 1 amide bonds. The molecule has 2 aromatic rings. The van der Waals surface area contributed by atoms with Crippen LogP contribution in [0.3, 0.4) is 0 Å². The Morgan fingerprint density at radius 1 is 1.12 bits per heavy atom. The third kappa shape index (κ3) is 2.81. The molecule has 0 saturated heterocycles. The molecule has 1 atom stereocenters. The molecular formula is C19H20N2O4. The predicted molar refractivity (Wildman–Crippen MR) is 89.2 cm³/mol. The molecule has 2 heterocycles. The SMILES string of the molecule is O=C(O)C1Cc2ccccc2CN1C(=O)c1noc2c1CCCCC2. The van der Waals surface area contributed by atoms with Gasteiger partial charge in [0.25, 0.3) is 5.91 Å². The zero-order valence-corrected chi connectivity index (χ0v) is 13.9. The number of benzene rings is 1. The number of nitrogens with zero attached hydrogens (tertiary/aromatic N) is 2. The molecule has 6 nitrogen and oxygen atoms in total. The number of hydrogen-bond donors (Lipinski definition) is 1. The summed E-state index contributed by atoms with van der Waals surface area (Å²) in [7, 11) is 0. The zero-order valence-electron chi connectivity index (χ0n) is 13.9. The van der Waals surface area contributed by atoms with E-state index < -0.39 is 12.0 Å². The first kappa shape index (κ1) is 15.9. The number of carboxylic acids is 1. The van der Waals surface area contributed by atoms with Crippen molar-refractivity contribution in [2.24, 2.45) is 0 Å². The van der Waals surface area contributed by atoms with Crippen molar-refractivity contribution in [3.63, 3.8) is 0 Å². The Kier molecular flexibility index (Phi) is 4.03. The van der Waals surface area contributed by atoms with Crippen LogP contribution in [0.1, 0.15) is 52.2 Å². The molecule has 0 fully saturated rings. The van der Waals surface area contributed by atoms with Crippen molar-refractivity contribution in [2.45, 2.75) is 51.1 Å². The first-order chi connectivity index (χ1) is 12.1. The number of aryl methyl sites for hydroxylation is 1. The molecular weight excluding hydrogens is 320 g/mol. The molecule has 4 rings (SSSR count). The Labute approximate surface area is 145 Å². The second-order valence-corrected chi connectivity index (χ2v) is 6.75. The molecule has 1 aromatic carbocycles. The number of rotatable bonds is 2. The van der Waals surface area contributed by atoms with Gasteiger partial charge in [0.2, 0.25) is 0 Å². The van der Waals surface area contributed by atoms with E-state index in [1.807, 2.05) is 24.3 Å². The summed E-state index contributed by atoms with van der Waals surface area (Å²) >= 11 is 0. The van der Waals surface area contributed by atoms with Crippen molar-refractivity contribution >= 4 is 11.9 Å². The first-order valence-electron chi connectivity index (χ1n) is 8.73. The lowest BCUT2D eigenvalue weighted by Gasteiger charge is -2.34. The largest absolute Gasteiger partial charge is 0.480 e. The van der Waals surface area contributed by atoms with E-state index in [1.165, 1.54) is 4.90 Å². The van der Waals surface area contributed by atoms with E-state index in [-0.39, 0.29) is 12.5 Å². The number of carboxylic acid groups (broad SMARTS) is 1. The van der Waals surface area contributed by atoms with Gasteiger partial charge in [-0.3, -0.25) is 4.79 Å². The summed E-state index contributed by atoms with van der Waals surface area (Å²) in [5, 5.41) is 13.6. The van der Waals surface area contributed by atoms with E-state index in [2.05, 4.69) is 5.16 Å². The van der Waals surface area contributed by atoms with Gasteiger partial charge < -0.3 is 14.5 Å². The molecule has 25 heavy (non-hydrogen) atoms. The molecule has 1 aromatic heterocycles. The lowest BCUT2D eigenvalue weighted by Crippen LogP contribution is -2.48. The third-order valence-corrected chi connectivity index (χ3v) is 5.20. The second kappa shape index (κ2) is 6.35. The maximum atomic E-state index is 13.1. The zero-order chi connectivity index (χ0) is 17.4. The molecule has 1 N–H and O–H groups in total. The van der Waals surface area contributed by atoms with Crippen molar-refractivity contribution in [1.82, 2.24) is 10.1 Å². The van der Waals surface area contributed by atoms with E-state index in [1.54, 1.807) is 0 Å². The second-order valence-electron chi connectivity index (χ2n) is 6.75. The highest BCUT2D eigenvalue weighted by Gasteiger charge is 2.37. The fraction of sp³-hybridized carbons (Fsp3) is 0.421. The molecule has 0 radical (unpaired) electrons. The van der Waals surface area contributed by atoms with Gasteiger partial charge in [0.1, 0.15) is 11.8 Å². The van der Waals surface area contributed by atoms with Crippen LogP contribution in [0.2, 0.25) is 0 Å². The van der Waals surface area contributed by atoms with Gasteiger partial charge in [0, 0.05) is 24.9 Å². The Morgan fingerprint density at radius 2 is 1.88 bits per heavy atom. The lowest BCUT2D eigenvalue weighted by molar-refractivity contribution is -0.142. The van der Waals surface area contributed by atoms with Crippen molar-refractivity contribution in [3.8, 4) is 0 Å². The summed E-state index contributed by atoms with van der Waals surface area (Å²) in [5.74, 6) is -0.545. The molecule has 2 aliphatic rings. The van der Waals surface area contributed by atoms with Gasteiger partial charge in [-0.25, -0.2) is 4.79 Å². The molecule has 1 aliphatic heterocycles. The Balaban J connectivity index is 1.69. The number of fused-ring (bicyclic) bond motifs is 2. The Bertz CT molecular complexity index is 827. The fourth-order valence-electron chi connectivity index (χ4n) is 3.82. The van der Waals surface area contributed by atoms with Crippen LogP contribution in [0.5, 0.6) is 0 Å². The Hall–Kier alpha value is -2.63. The van der Waals surface area contributed by atoms with E-state index in [4.69, 9.17) is 4.52 Å². The van der Waals surface area contributed by atoms with E-state index in [9.17, 15) is 14.7 Å². The van der Waals surface area contributed by atoms with Crippen molar-refractivity contribution in [1.29, 1.82) is 0 Å². The van der Waals surface area contributed by atoms with Gasteiger partial charge >= 0.3 is 5.97 Å². The van der Waals surface area contributed by atoms with Crippen molar-refractivity contribution in [3.05, 3.63) is 52.4 Å². The van der Waals surface area contributed by atoms with Crippen molar-refractivity contribution in [2.75, 3.05) is 0 Å². The smallest absolute Gasteiger partial charge is 0.326 e. The molecule has 1 aliphatic carbocycles. The minimum Gasteiger partial charge on any atom is -0.480 e. The number of amides is 1. The van der Waals surface area contributed by atoms with Gasteiger partial charge in [0.15, 0.2) is 5.69 Å². The highest BCUT2D eigenvalue weighted by atomic mass is 16.5. The van der Waals surface area contributed by atoms with Crippen LogP contribution < -0.4 is 0 Å². The van der Waals surface area contributed by atoms with Crippen LogP contribution in [0.25, 0.3) is 0 Å². The Morgan fingerprint density at radius 3 is 2.68 bits per heavy atom. The van der Waals surface area contributed by atoms with Crippen LogP contribution in [-0.4, -0.2) is 33.1 Å². The molecule has 6 heteroatoms. The number of aliphatic carboxylic acids is 1. The molecule has 130 valence electrons.